The highest BCUT2D eigenvalue weighted by atomic mass is 16.2. The van der Waals surface area contributed by atoms with Gasteiger partial charge >= 0.3 is 6.03 Å². The fraction of sp³-hybridized carbons (Fsp3) is 0.500. The zero-order valence-electron chi connectivity index (χ0n) is 11.0. The molecule has 1 rings (SSSR count). The van der Waals surface area contributed by atoms with Crippen LogP contribution >= 0.6 is 0 Å². The standard InChI is InChI=1S/C14H22N2O/c1-4-8-15-14(17)16-9-7-13-6-5-11(2)12(3)10-13/h5-6,10H,4,7-9H2,1-3H3,(H2,15,16,17). The quantitative estimate of drug-likeness (QED) is 0.807. The maximum absolute atomic E-state index is 11.3. The normalized spacial score (nSPS) is 10.1. The van der Waals surface area contributed by atoms with E-state index in [1.165, 1.54) is 16.7 Å². The summed E-state index contributed by atoms with van der Waals surface area (Å²) in [5.41, 5.74) is 3.88. The second-order valence-corrected chi connectivity index (χ2v) is 4.35. The molecule has 0 spiro atoms. The van der Waals surface area contributed by atoms with Crippen molar-refractivity contribution in [3.63, 3.8) is 0 Å². The molecule has 0 aliphatic rings. The first-order valence-corrected chi connectivity index (χ1v) is 6.21. The van der Waals surface area contributed by atoms with E-state index >= 15 is 0 Å². The molecule has 0 aromatic heterocycles. The lowest BCUT2D eigenvalue weighted by atomic mass is 10.0. The second-order valence-electron chi connectivity index (χ2n) is 4.35. The van der Waals surface area contributed by atoms with Crippen molar-refractivity contribution in [1.82, 2.24) is 10.6 Å². The molecule has 1 aromatic rings. The fourth-order valence-electron chi connectivity index (χ4n) is 1.58. The van der Waals surface area contributed by atoms with Crippen molar-refractivity contribution in [2.45, 2.75) is 33.6 Å². The van der Waals surface area contributed by atoms with E-state index in [0.29, 0.717) is 6.54 Å². The molecule has 0 radical (unpaired) electrons. The molecule has 94 valence electrons. The van der Waals surface area contributed by atoms with Gasteiger partial charge in [0.1, 0.15) is 0 Å². The number of amides is 2. The van der Waals surface area contributed by atoms with Crippen LogP contribution in [0, 0.1) is 13.8 Å². The number of hydrogen-bond acceptors (Lipinski definition) is 1. The van der Waals surface area contributed by atoms with Gasteiger partial charge in [-0.05, 0) is 43.4 Å². The number of benzene rings is 1. The van der Waals surface area contributed by atoms with Crippen LogP contribution in [0.3, 0.4) is 0 Å². The first-order valence-electron chi connectivity index (χ1n) is 6.21. The maximum Gasteiger partial charge on any atom is 0.314 e. The van der Waals surface area contributed by atoms with Crippen LogP contribution in [0.5, 0.6) is 0 Å². The SMILES string of the molecule is CCCNC(=O)NCCc1ccc(C)c(C)c1. The molecule has 2 N–H and O–H groups in total. The van der Waals surface area contributed by atoms with Crippen molar-refractivity contribution in [3.05, 3.63) is 34.9 Å². The summed E-state index contributed by atoms with van der Waals surface area (Å²) in [5.74, 6) is 0. The lowest BCUT2D eigenvalue weighted by Crippen LogP contribution is -2.36. The third-order valence-corrected chi connectivity index (χ3v) is 2.81. The lowest BCUT2D eigenvalue weighted by Gasteiger charge is -2.08. The summed E-state index contributed by atoms with van der Waals surface area (Å²) in [7, 11) is 0. The van der Waals surface area contributed by atoms with Crippen molar-refractivity contribution in [2.75, 3.05) is 13.1 Å². The molecule has 0 bridgehead atoms. The van der Waals surface area contributed by atoms with Gasteiger partial charge in [-0.3, -0.25) is 0 Å². The molecule has 1 aromatic carbocycles. The molecule has 0 heterocycles. The average molecular weight is 234 g/mol. The minimum atomic E-state index is -0.0734. The van der Waals surface area contributed by atoms with Crippen molar-refractivity contribution in [2.24, 2.45) is 0 Å². The van der Waals surface area contributed by atoms with Gasteiger partial charge < -0.3 is 10.6 Å². The molecule has 0 fully saturated rings. The largest absolute Gasteiger partial charge is 0.338 e. The van der Waals surface area contributed by atoms with E-state index < -0.39 is 0 Å². The van der Waals surface area contributed by atoms with E-state index in [1.54, 1.807) is 0 Å². The minimum Gasteiger partial charge on any atom is -0.338 e. The zero-order valence-corrected chi connectivity index (χ0v) is 11.0. The summed E-state index contributed by atoms with van der Waals surface area (Å²) in [5, 5.41) is 5.64. The third-order valence-electron chi connectivity index (χ3n) is 2.81. The Balaban J connectivity index is 2.30. The summed E-state index contributed by atoms with van der Waals surface area (Å²) in [4.78, 5) is 11.3. The number of nitrogens with one attached hydrogen (secondary N) is 2. The summed E-state index contributed by atoms with van der Waals surface area (Å²) in [6.45, 7) is 7.67. The Morgan fingerprint density at radius 2 is 1.82 bits per heavy atom. The molecule has 2 amide bonds. The summed E-state index contributed by atoms with van der Waals surface area (Å²) < 4.78 is 0. The smallest absolute Gasteiger partial charge is 0.314 e. The van der Waals surface area contributed by atoms with Crippen molar-refractivity contribution >= 4 is 6.03 Å². The van der Waals surface area contributed by atoms with Crippen LogP contribution in [0.1, 0.15) is 30.0 Å². The van der Waals surface area contributed by atoms with Gasteiger partial charge in [0, 0.05) is 13.1 Å². The highest BCUT2D eigenvalue weighted by Gasteiger charge is 1.99. The minimum absolute atomic E-state index is 0.0734. The van der Waals surface area contributed by atoms with Crippen LogP contribution in [-0.4, -0.2) is 19.1 Å². The molecule has 0 atom stereocenters. The molecular formula is C14H22N2O. The van der Waals surface area contributed by atoms with Gasteiger partial charge in [-0.25, -0.2) is 4.79 Å². The van der Waals surface area contributed by atoms with Crippen molar-refractivity contribution < 1.29 is 4.79 Å². The second kappa shape index (κ2) is 6.94. The van der Waals surface area contributed by atoms with Crippen LogP contribution in [0.4, 0.5) is 4.79 Å². The number of aryl methyl sites for hydroxylation is 2. The van der Waals surface area contributed by atoms with Crippen LogP contribution in [0.25, 0.3) is 0 Å². The van der Waals surface area contributed by atoms with Gasteiger partial charge in [-0.1, -0.05) is 25.1 Å². The van der Waals surface area contributed by atoms with Gasteiger partial charge in [0.15, 0.2) is 0 Å². The van der Waals surface area contributed by atoms with E-state index in [2.05, 4.69) is 42.7 Å². The molecule has 0 aliphatic carbocycles. The first kappa shape index (κ1) is 13.6. The van der Waals surface area contributed by atoms with E-state index in [9.17, 15) is 4.79 Å². The first-order chi connectivity index (χ1) is 8.13. The number of carbonyl (C=O) groups is 1. The summed E-state index contributed by atoms with van der Waals surface area (Å²) in [6, 6.07) is 6.35. The lowest BCUT2D eigenvalue weighted by molar-refractivity contribution is 0.241. The number of carbonyl (C=O) groups excluding carboxylic acids is 1. The maximum atomic E-state index is 11.3. The van der Waals surface area contributed by atoms with E-state index in [4.69, 9.17) is 0 Å². The van der Waals surface area contributed by atoms with Gasteiger partial charge in [0.05, 0.1) is 0 Å². The van der Waals surface area contributed by atoms with Gasteiger partial charge in [-0.15, -0.1) is 0 Å². The van der Waals surface area contributed by atoms with Gasteiger partial charge in [0.2, 0.25) is 0 Å². The molecule has 3 heteroatoms. The van der Waals surface area contributed by atoms with Crippen molar-refractivity contribution in [1.29, 1.82) is 0 Å². The van der Waals surface area contributed by atoms with Crippen LogP contribution < -0.4 is 10.6 Å². The molecule has 0 saturated carbocycles. The van der Waals surface area contributed by atoms with Crippen LogP contribution in [0.2, 0.25) is 0 Å². The van der Waals surface area contributed by atoms with E-state index in [0.717, 1.165) is 19.4 Å². The van der Waals surface area contributed by atoms with E-state index in [-0.39, 0.29) is 6.03 Å². The fourth-order valence-corrected chi connectivity index (χ4v) is 1.58. The Morgan fingerprint density at radius 3 is 2.47 bits per heavy atom. The Labute approximate surface area is 104 Å². The predicted molar refractivity (Wildman–Crippen MR) is 71.3 cm³/mol. The van der Waals surface area contributed by atoms with E-state index in [1.807, 2.05) is 6.92 Å². The Kier molecular flexibility index (Phi) is 5.53. The summed E-state index contributed by atoms with van der Waals surface area (Å²) in [6.07, 6.45) is 1.84. The molecule has 0 aliphatic heterocycles. The molecule has 17 heavy (non-hydrogen) atoms. The monoisotopic (exact) mass is 234 g/mol. The highest BCUT2D eigenvalue weighted by Crippen LogP contribution is 2.09. The third kappa shape index (κ3) is 4.89. The van der Waals surface area contributed by atoms with Crippen molar-refractivity contribution in [3.8, 4) is 0 Å². The number of rotatable bonds is 5. The molecule has 3 nitrogen and oxygen atoms in total. The van der Waals surface area contributed by atoms with Crippen LogP contribution in [0.15, 0.2) is 18.2 Å². The van der Waals surface area contributed by atoms with Crippen LogP contribution in [-0.2, 0) is 6.42 Å². The van der Waals surface area contributed by atoms with Gasteiger partial charge in [-0.2, -0.15) is 0 Å². The highest BCUT2D eigenvalue weighted by molar-refractivity contribution is 5.73. The Morgan fingerprint density at radius 1 is 1.12 bits per heavy atom. The topological polar surface area (TPSA) is 41.1 Å². The number of urea groups is 1. The number of hydrogen-bond donors (Lipinski definition) is 2. The summed E-state index contributed by atoms with van der Waals surface area (Å²) >= 11 is 0. The molecular weight excluding hydrogens is 212 g/mol. The predicted octanol–water partition coefficient (Wildman–Crippen LogP) is 2.56. The van der Waals surface area contributed by atoms with Gasteiger partial charge in [0.25, 0.3) is 0 Å². The molecule has 0 unspecified atom stereocenters. The molecule has 0 saturated heterocycles. The average Bonchev–Trinajstić information content (AvgIpc) is 2.31. The Bertz CT molecular complexity index is 374. The Hall–Kier alpha value is -1.51. The zero-order chi connectivity index (χ0) is 12.7.